The van der Waals surface area contributed by atoms with E-state index in [9.17, 15) is 4.79 Å². The van der Waals surface area contributed by atoms with E-state index in [1.54, 1.807) is 16.7 Å². The number of anilines is 1. The molecule has 2 aromatic carbocycles. The van der Waals surface area contributed by atoms with E-state index in [4.69, 9.17) is 9.72 Å². The lowest BCUT2D eigenvalue weighted by Gasteiger charge is -2.36. The highest BCUT2D eigenvalue weighted by Crippen LogP contribution is 2.35. The van der Waals surface area contributed by atoms with Gasteiger partial charge >= 0.3 is 6.09 Å². The van der Waals surface area contributed by atoms with E-state index < -0.39 is 5.60 Å². The summed E-state index contributed by atoms with van der Waals surface area (Å²) < 4.78 is 5.53. The normalized spacial score (nSPS) is 14.7. The smallest absolute Gasteiger partial charge is 0.410 e. The fourth-order valence-corrected chi connectivity index (χ4v) is 4.86. The minimum atomic E-state index is -0.477. The second-order valence-corrected chi connectivity index (χ2v) is 10.5. The van der Waals surface area contributed by atoms with Gasteiger partial charge < -0.3 is 14.5 Å². The number of aryl methyl sites for hydroxylation is 2. The molecule has 3 aromatic rings. The Hall–Kier alpha value is -2.73. The number of hydrogen-bond donors (Lipinski definition) is 0. The van der Waals surface area contributed by atoms with Crippen LogP contribution in [-0.2, 0) is 4.74 Å². The van der Waals surface area contributed by atoms with Gasteiger partial charge in [-0.05, 0) is 75.4 Å². The number of rotatable bonds is 3. The molecule has 1 aliphatic heterocycles. The molecule has 1 fully saturated rings. The van der Waals surface area contributed by atoms with Crippen LogP contribution >= 0.6 is 11.8 Å². The second-order valence-electron chi connectivity index (χ2n) is 9.34. The Morgan fingerprint density at radius 1 is 1.00 bits per heavy atom. The largest absolute Gasteiger partial charge is 0.444 e. The molecule has 2 heterocycles. The zero-order chi connectivity index (χ0) is 22.9. The molecule has 0 aliphatic carbocycles. The van der Waals surface area contributed by atoms with E-state index >= 15 is 0 Å². The first kappa shape index (κ1) is 22.5. The molecule has 0 bridgehead atoms. The highest BCUT2D eigenvalue weighted by Gasteiger charge is 2.27. The molecule has 0 saturated carbocycles. The standard InChI is InChI=1S/C26H31N3O2S/c1-18-6-7-19(2)23(16-18)32-21-9-8-20-10-11-27-24(22(20)17-21)28-12-14-29(15-13-28)25(30)31-26(3,4)5/h6-11,16-17H,12-15H2,1-5H3. The number of aromatic nitrogens is 1. The summed E-state index contributed by atoms with van der Waals surface area (Å²) in [4.78, 5) is 23.7. The molecule has 0 spiro atoms. The third kappa shape index (κ3) is 5.18. The number of carbonyl (C=O) groups excluding carboxylic acids is 1. The third-order valence-electron chi connectivity index (χ3n) is 5.52. The van der Waals surface area contributed by atoms with Crippen LogP contribution in [0.2, 0.25) is 0 Å². The van der Waals surface area contributed by atoms with Gasteiger partial charge in [0.2, 0.25) is 0 Å². The van der Waals surface area contributed by atoms with Crippen molar-refractivity contribution in [1.82, 2.24) is 9.88 Å². The maximum absolute atomic E-state index is 12.4. The van der Waals surface area contributed by atoms with Crippen LogP contribution in [0.1, 0.15) is 31.9 Å². The molecule has 4 rings (SSSR count). The van der Waals surface area contributed by atoms with Gasteiger partial charge in [0, 0.05) is 47.6 Å². The lowest BCUT2D eigenvalue weighted by molar-refractivity contribution is 0.0240. The predicted octanol–water partition coefficient (Wildman–Crippen LogP) is 6.06. The molecular weight excluding hydrogens is 418 g/mol. The van der Waals surface area contributed by atoms with Crippen molar-refractivity contribution in [2.45, 2.75) is 50.0 Å². The van der Waals surface area contributed by atoms with Gasteiger partial charge in [0.25, 0.3) is 0 Å². The number of pyridine rings is 1. The first-order valence-corrected chi connectivity index (χ1v) is 11.9. The van der Waals surface area contributed by atoms with Crippen molar-refractivity contribution in [2.75, 3.05) is 31.1 Å². The van der Waals surface area contributed by atoms with E-state index in [2.05, 4.69) is 61.2 Å². The lowest BCUT2D eigenvalue weighted by atomic mass is 10.1. The molecule has 0 unspecified atom stereocenters. The van der Waals surface area contributed by atoms with Crippen molar-refractivity contribution < 1.29 is 9.53 Å². The van der Waals surface area contributed by atoms with Crippen molar-refractivity contribution >= 4 is 34.4 Å². The van der Waals surface area contributed by atoms with Gasteiger partial charge in [0.15, 0.2) is 0 Å². The van der Waals surface area contributed by atoms with Crippen LogP contribution in [0.15, 0.2) is 58.5 Å². The van der Waals surface area contributed by atoms with E-state index in [1.165, 1.54) is 26.3 Å². The molecule has 1 aromatic heterocycles. The molecule has 6 heteroatoms. The van der Waals surface area contributed by atoms with Crippen LogP contribution in [0.25, 0.3) is 10.8 Å². The highest BCUT2D eigenvalue weighted by molar-refractivity contribution is 7.99. The predicted molar refractivity (Wildman–Crippen MR) is 132 cm³/mol. The number of amides is 1. The van der Waals surface area contributed by atoms with Crippen LogP contribution in [-0.4, -0.2) is 47.8 Å². The number of piperazine rings is 1. The number of benzene rings is 2. The van der Waals surface area contributed by atoms with Crippen molar-refractivity contribution in [3.63, 3.8) is 0 Å². The summed E-state index contributed by atoms with van der Waals surface area (Å²) in [5.41, 5.74) is 2.07. The molecule has 1 amide bonds. The lowest BCUT2D eigenvalue weighted by Crippen LogP contribution is -2.50. The zero-order valence-corrected chi connectivity index (χ0v) is 20.3. The molecule has 32 heavy (non-hydrogen) atoms. The molecule has 5 nitrogen and oxygen atoms in total. The van der Waals surface area contributed by atoms with Crippen LogP contribution in [0.3, 0.4) is 0 Å². The minimum absolute atomic E-state index is 0.241. The monoisotopic (exact) mass is 449 g/mol. The number of fused-ring (bicyclic) bond motifs is 1. The average molecular weight is 450 g/mol. The summed E-state index contributed by atoms with van der Waals surface area (Å²) in [5.74, 6) is 0.981. The fraction of sp³-hybridized carbons (Fsp3) is 0.385. The SMILES string of the molecule is Cc1ccc(C)c(Sc2ccc3ccnc(N4CCN(C(=O)OC(C)(C)C)CC4)c3c2)c1. The van der Waals surface area contributed by atoms with Crippen LogP contribution in [0.4, 0.5) is 10.6 Å². The third-order valence-corrected chi connectivity index (χ3v) is 6.67. The molecule has 0 radical (unpaired) electrons. The van der Waals surface area contributed by atoms with Crippen molar-refractivity contribution in [3.8, 4) is 0 Å². The number of hydrogen-bond acceptors (Lipinski definition) is 5. The topological polar surface area (TPSA) is 45.7 Å². The summed E-state index contributed by atoms with van der Waals surface area (Å²) in [6.45, 7) is 12.7. The maximum atomic E-state index is 12.4. The Kier molecular flexibility index (Phi) is 6.33. The van der Waals surface area contributed by atoms with Crippen LogP contribution in [0.5, 0.6) is 0 Å². The zero-order valence-electron chi connectivity index (χ0n) is 19.5. The molecule has 168 valence electrons. The van der Waals surface area contributed by atoms with E-state index in [0.717, 1.165) is 24.3 Å². The summed E-state index contributed by atoms with van der Waals surface area (Å²) >= 11 is 1.79. The number of nitrogens with zero attached hydrogens (tertiary/aromatic N) is 3. The van der Waals surface area contributed by atoms with Crippen molar-refractivity contribution in [3.05, 3.63) is 59.8 Å². The van der Waals surface area contributed by atoms with Gasteiger partial charge in [-0.2, -0.15) is 0 Å². The molecule has 0 atom stereocenters. The first-order chi connectivity index (χ1) is 15.2. The van der Waals surface area contributed by atoms with Gasteiger partial charge in [0.05, 0.1) is 0 Å². The Labute approximate surface area is 194 Å². The van der Waals surface area contributed by atoms with Crippen molar-refractivity contribution in [1.29, 1.82) is 0 Å². The maximum Gasteiger partial charge on any atom is 0.410 e. The number of ether oxygens (including phenoxy) is 1. The quantitative estimate of drug-likeness (QED) is 0.486. The second kappa shape index (κ2) is 9.02. The van der Waals surface area contributed by atoms with E-state index in [0.29, 0.717) is 13.1 Å². The van der Waals surface area contributed by atoms with E-state index in [1.807, 2.05) is 27.0 Å². The molecule has 0 N–H and O–H groups in total. The summed E-state index contributed by atoms with van der Waals surface area (Å²) in [7, 11) is 0. The van der Waals surface area contributed by atoms with Gasteiger partial charge in [-0.15, -0.1) is 0 Å². The average Bonchev–Trinajstić information content (AvgIpc) is 2.75. The van der Waals surface area contributed by atoms with Crippen molar-refractivity contribution in [2.24, 2.45) is 0 Å². The molecular formula is C26H31N3O2S. The Morgan fingerprint density at radius 2 is 1.75 bits per heavy atom. The minimum Gasteiger partial charge on any atom is -0.444 e. The van der Waals surface area contributed by atoms with E-state index in [-0.39, 0.29) is 6.09 Å². The van der Waals surface area contributed by atoms with Gasteiger partial charge in [-0.1, -0.05) is 30.0 Å². The van der Waals surface area contributed by atoms with Gasteiger partial charge in [0.1, 0.15) is 11.4 Å². The Balaban J connectivity index is 1.54. The van der Waals surface area contributed by atoms with Gasteiger partial charge in [-0.3, -0.25) is 0 Å². The fourth-order valence-electron chi connectivity index (χ4n) is 3.82. The summed E-state index contributed by atoms with van der Waals surface area (Å²) in [5, 5.41) is 2.32. The summed E-state index contributed by atoms with van der Waals surface area (Å²) in [6.07, 6.45) is 1.63. The Morgan fingerprint density at radius 3 is 2.47 bits per heavy atom. The molecule has 1 saturated heterocycles. The van der Waals surface area contributed by atoms with Crippen LogP contribution in [0, 0.1) is 13.8 Å². The summed E-state index contributed by atoms with van der Waals surface area (Å²) in [6, 6.07) is 15.2. The van der Waals surface area contributed by atoms with Crippen LogP contribution < -0.4 is 4.90 Å². The Bertz CT molecular complexity index is 1130. The highest BCUT2D eigenvalue weighted by atomic mass is 32.2. The first-order valence-electron chi connectivity index (χ1n) is 11.1. The van der Waals surface area contributed by atoms with Gasteiger partial charge in [-0.25, -0.2) is 9.78 Å². The molecule has 1 aliphatic rings. The number of carbonyl (C=O) groups is 1.